The van der Waals surface area contributed by atoms with Gasteiger partial charge in [-0.05, 0) is 25.0 Å². The lowest BCUT2D eigenvalue weighted by Crippen LogP contribution is -2.33. The van der Waals surface area contributed by atoms with E-state index in [0.717, 1.165) is 9.36 Å². The van der Waals surface area contributed by atoms with Gasteiger partial charge in [0.2, 0.25) is 11.6 Å². The molecule has 0 aliphatic heterocycles. The lowest BCUT2D eigenvalue weighted by Gasteiger charge is -2.15. The first-order valence-electron chi connectivity index (χ1n) is 10.3. The van der Waals surface area contributed by atoms with E-state index in [2.05, 4.69) is 10.2 Å². The minimum Gasteiger partial charge on any atom is -0.441 e. The summed E-state index contributed by atoms with van der Waals surface area (Å²) in [4.78, 5) is 50.2. The SMILES string of the molecule is CC(N)C(=O)OCn1nc(Oc2c(Cl)cc(-n3nc(C#N)c(=O)[nH]c3=O)cc2Cl)cc(C(C)C)c1=O.Cl. The first-order chi connectivity index (χ1) is 16.9. The summed E-state index contributed by atoms with van der Waals surface area (Å²) in [6.07, 6.45) is 0. The Labute approximate surface area is 224 Å². The smallest absolute Gasteiger partial charge is 0.349 e. The van der Waals surface area contributed by atoms with Gasteiger partial charge in [0.05, 0.1) is 15.7 Å². The van der Waals surface area contributed by atoms with Crippen molar-refractivity contribution in [3.8, 4) is 23.4 Å². The number of hydrogen-bond acceptors (Lipinski definition) is 10. The zero-order valence-electron chi connectivity index (χ0n) is 19.5. The molecule has 0 spiro atoms. The molecule has 1 atom stereocenters. The highest BCUT2D eigenvalue weighted by atomic mass is 35.5. The normalized spacial score (nSPS) is 11.4. The number of carbonyl (C=O) groups is 1. The number of aromatic amines is 1. The lowest BCUT2D eigenvalue weighted by atomic mass is 10.1. The number of aromatic nitrogens is 5. The van der Waals surface area contributed by atoms with Crippen LogP contribution in [0.3, 0.4) is 0 Å². The van der Waals surface area contributed by atoms with Gasteiger partial charge in [0.15, 0.2) is 12.5 Å². The number of hydrogen-bond donors (Lipinski definition) is 2. The van der Waals surface area contributed by atoms with Crippen LogP contribution in [-0.4, -0.2) is 36.6 Å². The van der Waals surface area contributed by atoms with E-state index < -0.39 is 41.2 Å². The molecule has 0 bridgehead atoms. The Morgan fingerprint density at radius 2 is 1.78 bits per heavy atom. The Morgan fingerprint density at radius 1 is 1.16 bits per heavy atom. The second-order valence-electron chi connectivity index (χ2n) is 7.75. The summed E-state index contributed by atoms with van der Waals surface area (Å²) in [7, 11) is 0. The number of esters is 1. The number of halogens is 3. The van der Waals surface area contributed by atoms with E-state index in [9.17, 15) is 19.2 Å². The van der Waals surface area contributed by atoms with Gasteiger partial charge < -0.3 is 15.2 Å². The van der Waals surface area contributed by atoms with Crippen molar-refractivity contribution < 1.29 is 14.3 Å². The summed E-state index contributed by atoms with van der Waals surface area (Å²) in [5, 5.41) is 16.6. The second-order valence-corrected chi connectivity index (χ2v) is 8.56. The lowest BCUT2D eigenvalue weighted by molar-refractivity contribution is -0.149. The van der Waals surface area contributed by atoms with Crippen molar-refractivity contribution in [3.63, 3.8) is 0 Å². The zero-order valence-corrected chi connectivity index (χ0v) is 21.8. The molecule has 0 amide bonds. The molecule has 37 heavy (non-hydrogen) atoms. The van der Waals surface area contributed by atoms with E-state index in [1.54, 1.807) is 19.9 Å². The molecule has 3 N–H and O–H groups in total. The number of nitriles is 1. The van der Waals surface area contributed by atoms with Crippen LogP contribution in [0.1, 0.15) is 37.9 Å². The molecule has 0 saturated carbocycles. The maximum absolute atomic E-state index is 12.7. The average Bonchev–Trinajstić information content (AvgIpc) is 2.80. The molecule has 3 rings (SSSR count). The number of carbonyl (C=O) groups excluding carboxylic acids is 1. The Bertz CT molecular complexity index is 1530. The third-order valence-corrected chi connectivity index (χ3v) is 5.23. The quantitative estimate of drug-likeness (QED) is 0.395. The highest BCUT2D eigenvalue weighted by molar-refractivity contribution is 6.37. The van der Waals surface area contributed by atoms with Crippen LogP contribution >= 0.6 is 35.6 Å². The molecule has 196 valence electrons. The zero-order chi connectivity index (χ0) is 26.7. The molecule has 1 aromatic carbocycles. The number of nitrogens with two attached hydrogens (primary N) is 1. The standard InChI is InChI=1S/C21H19Cl2N7O6.ClH/c1-9(2)12-6-16(28-29(19(12)32)8-35-20(33)10(3)25)36-17-13(22)4-11(5-14(17)23)30-21(34)26-18(31)15(7-24)27-30;/h4-6,9-10H,8,25H2,1-3H3,(H,26,31,34);1H. The van der Waals surface area contributed by atoms with Crippen molar-refractivity contribution in [2.24, 2.45) is 5.73 Å². The van der Waals surface area contributed by atoms with Crippen LogP contribution in [0.2, 0.25) is 10.0 Å². The topological polar surface area (TPSA) is 188 Å². The molecule has 0 saturated heterocycles. The summed E-state index contributed by atoms with van der Waals surface area (Å²) in [6.45, 7) is 4.48. The van der Waals surface area contributed by atoms with Gasteiger partial charge in [-0.25, -0.2) is 4.79 Å². The van der Waals surface area contributed by atoms with Gasteiger partial charge in [-0.3, -0.25) is 19.4 Å². The molecule has 16 heteroatoms. The van der Waals surface area contributed by atoms with E-state index in [4.69, 9.17) is 43.7 Å². The minimum absolute atomic E-state index is 0. The number of rotatable bonds is 7. The highest BCUT2D eigenvalue weighted by Crippen LogP contribution is 2.37. The molecular weight excluding hydrogens is 553 g/mol. The third-order valence-electron chi connectivity index (χ3n) is 4.67. The van der Waals surface area contributed by atoms with E-state index >= 15 is 0 Å². The first-order valence-corrected chi connectivity index (χ1v) is 11.0. The van der Waals surface area contributed by atoms with Crippen LogP contribution in [0, 0.1) is 11.3 Å². The summed E-state index contributed by atoms with van der Waals surface area (Å²) < 4.78 is 12.4. The van der Waals surface area contributed by atoms with Crippen molar-refractivity contribution in [1.29, 1.82) is 5.26 Å². The van der Waals surface area contributed by atoms with Crippen molar-refractivity contribution in [1.82, 2.24) is 24.5 Å². The highest BCUT2D eigenvalue weighted by Gasteiger charge is 2.19. The predicted octanol–water partition coefficient (Wildman–Crippen LogP) is 1.84. The molecule has 3 aromatic rings. The number of H-pyrrole nitrogens is 1. The Hall–Kier alpha value is -3.70. The molecule has 0 aliphatic carbocycles. The van der Waals surface area contributed by atoms with Crippen molar-refractivity contribution in [3.05, 3.63) is 70.7 Å². The number of benzene rings is 1. The largest absolute Gasteiger partial charge is 0.441 e. The molecule has 0 aliphatic rings. The van der Waals surface area contributed by atoms with Gasteiger partial charge in [0.1, 0.15) is 12.1 Å². The molecule has 2 heterocycles. The maximum atomic E-state index is 12.7. The van der Waals surface area contributed by atoms with Crippen LogP contribution in [-0.2, 0) is 16.3 Å². The summed E-state index contributed by atoms with van der Waals surface area (Å²) in [5.74, 6) is -1.12. The van der Waals surface area contributed by atoms with E-state index in [0.29, 0.717) is 5.56 Å². The third kappa shape index (κ3) is 6.55. The monoisotopic (exact) mass is 571 g/mol. The van der Waals surface area contributed by atoms with Crippen LogP contribution < -0.4 is 27.3 Å². The predicted molar refractivity (Wildman–Crippen MR) is 135 cm³/mol. The number of nitrogens with zero attached hydrogens (tertiary/aromatic N) is 5. The van der Waals surface area contributed by atoms with Crippen molar-refractivity contribution >= 4 is 41.6 Å². The Morgan fingerprint density at radius 3 is 2.32 bits per heavy atom. The van der Waals surface area contributed by atoms with Gasteiger partial charge in [-0.15, -0.1) is 22.6 Å². The molecule has 2 aromatic heterocycles. The fourth-order valence-electron chi connectivity index (χ4n) is 2.86. The molecular formula is C21H20Cl3N7O6. The summed E-state index contributed by atoms with van der Waals surface area (Å²) in [5.41, 5.74) is 2.92. The fraction of sp³-hybridized carbons (Fsp3) is 0.286. The van der Waals surface area contributed by atoms with Crippen LogP contribution in [0.15, 0.2) is 32.6 Å². The molecule has 13 nitrogen and oxygen atoms in total. The number of nitrogens with one attached hydrogen (secondary N) is 1. The molecule has 0 fully saturated rings. The second kappa shape index (κ2) is 12.0. The summed E-state index contributed by atoms with van der Waals surface area (Å²) in [6, 6.07) is 4.60. The van der Waals surface area contributed by atoms with Gasteiger partial charge in [0, 0.05) is 11.6 Å². The summed E-state index contributed by atoms with van der Waals surface area (Å²) >= 11 is 12.7. The van der Waals surface area contributed by atoms with Crippen molar-refractivity contribution in [2.45, 2.75) is 39.5 Å². The Balaban J connectivity index is 0.00000481. The van der Waals surface area contributed by atoms with Gasteiger partial charge in [-0.1, -0.05) is 37.0 Å². The van der Waals surface area contributed by atoms with E-state index in [1.165, 1.54) is 25.1 Å². The number of ether oxygens (including phenoxy) is 2. The fourth-order valence-corrected chi connectivity index (χ4v) is 3.42. The van der Waals surface area contributed by atoms with Crippen LogP contribution in [0.4, 0.5) is 0 Å². The minimum atomic E-state index is -0.940. The van der Waals surface area contributed by atoms with Gasteiger partial charge in [-0.2, -0.15) is 14.6 Å². The maximum Gasteiger partial charge on any atom is 0.349 e. The molecule has 1 unspecified atom stereocenters. The molecule has 0 radical (unpaired) electrons. The van der Waals surface area contributed by atoms with Crippen LogP contribution in [0.5, 0.6) is 11.6 Å². The first kappa shape index (κ1) is 29.5. The van der Waals surface area contributed by atoms with Gasteiger partial charge in [0.25, 0.3) is 11.1 Å². The Kier molecular flexibility index (Phi) is 9.60. The van der Waals surface area contributed by atoms with E-state index in [1.807, 2.05) is 4.98 Å². The van der Waals surface area contributed by atoms with Crippen LogP contribution in [0.25, 0.3) is 5.69 Å². The average molecular weight is 573 g/mol. The van der Waals surface area contributed by atoms with Gasteiger partial charge >= 0.3 is 11.7 Å². The van der Waals surface area contributed by atoms with Crippen molar-refractivity contribution in [2.75, 3.05) is 0 Å². The van der Waals surface area contributed by atoms with E-state index in [-0.39, 0.29) is 45.7 Å².